The number of likely N-dealkylation sites (tertiary alicyclic amines) is 2. The number of fused-ring (bicyclic) bond motifs is 2. The van der Waals surface area contributed by atoms with Gasteiger partial charge in [-0.1, -0.05) is 11.3 Å². The van der Waals surface area contributed by atoms with Gasteiger partial charge < -0.3 is 14.5 Å². The third kappa shape index (κ3) is 5.60. The molecule has 1 aromatic heterocycles. The summed E-state index contributed by atoms with van der Waals surface area (Å²) in [6.07, 6.45) is -0.0602. The molecular weight excluding hydrogens is 487 g/mol. The SMILES string of the molecule is Cc1cc(OC(F)(F)F)ccc1/C=C/C(=O)N1CC[C@@H]2CN(C(=O)c3ccc4[nH]nnc4c3)C[C@@H]2CC1. The minimum Gasteiger partial charge on any atom is -0.406 e. The molecule has 2 aliphatic heterocycles. The van der Waals surface area contributed by atoms with Gasteiger partial charge in [0.05, 0.1) is 5.52 Å². The highest BCUT2D eigenvalue weighted by atomic mass is 19.4. The van der Waals surface area contributed by atoms with Gasteiger partial charge in [-0.15, -0.1) is 18.3 Å². The van der Waals surface area contributed by atoms with Crippen LogP contribution in [0.25, 0.3) is 17.1 Å². The molecule has 2 aromatic carbocycles. The van der Waals surface area contributed by atoms with E-state index >= 15 is 0 Å². The second-order valence-corrected chi connectivity index (χ2v) is 9.58. The van der Waals surface area contributed by atoms with Gasteiger partial charge in [0.15, 0.2) is 0 Å². The maximum atomic E-state index is 13.1. The van der Waals surface area contributed by atoms with Gasteiger partial charge in [0, 0.05) is 37.8 Å². The molecule has 2 atom stereocenters. The van der Waals surface area contributed by atoms with Gasteiger partial charge in [-0.2, -0.15) is 0 Å². The van der Waals surface area contributed by atoms with Crippen molar-refractivity contribution in [2.45, 2.75) is 26.1 Å². The van der Waals surface area contributed by atoms with Crippen LogP contribution in [0, 0.1) is 18.8 Å². The molecule has 3 heterocycles. The van der Waals surface area contributed by atoms with Gasteiger partial charge in [0.25, 0.3) is 5.91 Å². The molecule has 2 saturated heterocycles. The van der Waals surface area contributed by atoms with Crippen molar-refractivity contribution >= 4 is 28.9 Å². The van der Waals surface area contributed by atoms with Crippen molar-refractivity contribution < 1.29 is 27.5 Å². The Morgan fingerprint density at radius 2 is 1.78 bits per heavy atom. The zero-order chi connectivity index (χ0) is 26.2. The second kappa shape index (κ2) is 9.87. The van der Waals surface area contributed by atoms with Crippen LogP contribution in [0.5, 0.6) is 5.75 Å². The monoisotopic (exact) mass is 513 g/mol. The Balaban J connectivity index is 1.16. The average Bonchev–Trinajstić information content (AvgIpc) is 3.44. The quantitative estimate of drug-likeness (QED) is 0.529. The Bertz CT molecular complexity index is 1340. The van der Waals surface area contributed by atoms with E-state index < -0.39 is 6.36 Å². The third-order valence-electron chi connectivity index (χ3n) is 7.17. The van der Waals surface area contributed by atoms with Crippen LogP contribution in [0.15, 0.2) is 42.5 Å². The lowest BCUT2D eigenvalue weighted by molar-refractivity contribution is -0.274. The summed E-state index contributed by atoms with van der Waals surface area (Å²) in [4.78, 5) is 29.6. The molecule has 0 spiro atoms. The number of hydrogen-bond donors (Lipinski definition) is 1. The molecule has 5 rings (SSSR count). The van der Waals surface area contributed by atoms with E-state index in [2.05, 4.69) is 20.1 Å². The summed E-state index contributed by atoms with van der Waals surface area (Å²) in [5.41, 5.74) is 3.25. The second-order valence-electron chi connectivity index (χ2n) is 9.58. The van der Waals surface area contributed by atoms with E-state index in [4.69, 9.17) is 0 Å². The van der Waals surface area contributed by atoms with Crippen LogP contribution in [-0.2, 0) is 4.79 Å². The van der Waals surface area contributed by atoms with Gasteiger partial charge in [-0.3, -0.25) is 14.7 Å². The highest BCUT2D eigenvalue weighted by molar-refractivity contribution is 5.97. The summed E-state index contributed by atoms with van der Waals surface area (Å²) < 4.78 is 41.2. The van der Waals surface area contributed by atoms with E-state index in [9.17, 15) is 22.8 Å². The summed E-state index contributed by atoms with van der Waals surface area (Å²) in [5, 5.41) is 10.5. The Morgan fingerprint density at radius 1 is 1.05 bits per heavy atom. The molecule has 0 bridgehead atoms. The zero-order valence-corrected chi connectivity index (χ0v) is 20.2. The molecule has 11 heteroatoms. The van der Waals surface area contributed by atoms with Crippen molar-refractivity contribution in [3.63, 3.8) is 0 Å². The van der Waals surface area contributed by atoms with Crippen LogP contribution < -0.4 is 4.74 Å². The number of carbonyl (C=O) groups is 2. The Kier molecular flexibility index (Phi) is 6.61. The molecule has 0 saturated carbocycles. The number of aromatic nitrogens is 3. The fourth-order valence-corrected chi connectivity index (χ4v) is 5.19. The number of hydrogen-bond acceptors (Lipinski definition) is 5. The molecule has 1 N–H and O–H groups in total. The Morgan fingerprint density at radius 3 is 2.46 bits per heavy atom. The van der Waals surface area contributed by atoms with Crippen LogP contribution >= 0.6 is 0 Å². The number of amides is 2. The number of rotatable bonds is 4. The van der Waals surface area contributed by atoms with Crippen molar-refractivity contribution in [1.82, 2.24) is 25.2 Å². The van der Waals surface area contributed by atoms with E-state index in [1.807, 2.05) is 4.90 Å². The van der Waals surface area contributed by atoms with Crippen LogP contribution in [0.2, 0.25) is 0 Å². The van der Waals surface area contributed by atoms with Crippen LogP contribution in [0.4, 0.5) is 13.2 Å². The molecule has 0 radical (unpaired) electrons. The van der Waals surface area contributed by atoms with Gasteiger partial charge in [0.1, 0.15) is 11.3 Å². The summed E-state index contributed by atoms with van der Waals surface area (Å²) >= 11 is 0. The lowest BCUT2D eigenvalue weighted by atomic mass is 9.92. The van der Waals surface area contributed by atoms with Gasteiger partial charge in [0.2, 0.25) is 5.91 Å². The molecule has 8 nitrogen and oxygen atoms in total. The molecule has 0 unspecified atom stereocenters. The maximum Gasteiger partial charge on any atom is 0.573 e. The lowest BCUT2D eigenvalue weighted by Crippen LogP contribution is -2.33. The van der Waals surface area contributed by atoms with E-state index in [-0.39, 0.29) is 17.6 Å². The smallest absolute Gasteiger partial charge is 0.406 e. The number of halogens is 3. The molecule has 3 aromatic rings. The van der Waals surface area contributed by atoms with E-state index in [1.54, 1.807) is 36.1 Å². The largest absolute Gasteiger partial charge is 0.573 e. The number of benzene rings is 2. The average molecular weight is 514 g/mol. The van der Waals surface area contributed by atoms with Crippen LogP contribution in [0.3, 0.4) is 0 Å². The predicted molar refractivity (Wildman–Crippen MR) is 129 cm³/mol. The highest BCUT2D eigenvalue weighted by Crippen LogP contribution is 2.33. The van der Waals surface area contributed by atoms with Gasteiger partial charge in [-0.25, -0.2) is 0 Å². The number of aromatic amines is 1. The van der Waals surface area contributed by atoms with Crippen molar-refractivity contribution in [3.05, 3.63) is 59.2 Å². The first-order valence-corrected chi connectivity index (χ1v) is 12.1. The summed E-state index contributed by atoms with van der Waals surface area (Å²) in [6.45, 7) is 4.16. The fraction of sp³-hybridized carbons (Fsp3) is 0.385. The number of nitrogens with one attached hydrogen (secondary N) is 1. The van der Waals surface area contributed by atoms with Crippen molar-refractivity contribution in [3.8, 4) is 5.75 Å². The Labute approximate surface area is 211 Å². The third-order valence-corrected chi connectivity index (χ3v) is 7.17. The Hall–Kier alpha value is -3.89. The lowest BCUT2D eigenvalue weighted by Gasteiger charge is -2.21. The molecule has 2 amide bonds. The minimum atomic E-state index is -4.75. The summed E-state index contributed by atoms with van der Waals surface area (Å²) in [7, 11) is 0. The summed E-state index contributed by atoms with van der Waals surface area (Å²) in [6, 6.07) is 9.36. The number of carbonyl (C=O) groups excluding carboxylic acids is 2. The number of alkyl halides is 3. The first-order chi connectivity index (χ1) is 17.7. The topological polar surface area (TPSA) is 91.4 Å². The molecule has 2 fully saturated rings. The van der Waals surface area contributed by atoms with Crippen LogP contribution in [0.1, 0.15) is 34.3 Å². The fourth-order valence-electron chi connectivity index (χ4n) is 5.19. The highest BCUT2D eigenvalue weighted by Gasteiger charge is 2.37. The van der Waals surface area contributed by atoms with Gasteiger partial charge in [-0.05, 0) is 79.1 Å². The van der Waals surface area contributed by atoms with E-state index in [0.717, 1.165) is 18.4 Å². The molecule has 2 aliphatic rings. The molecule has 194 valence electrons. The number of nitrogens with zero attached hydrogens (tertiary/aromatic N) is 4. The first kappa shape index (κ1) is 24.8. The number of H-pyrrole nitrogens is 1. The van der Waals surface area contributed by atoms with Gasteiger partial charge >= 0.3 is 6.36 Å². The maximum absolute atomic E-state index is 13.1. The normalized spacial score (nSPS) is 20.3. The van der Waals surface area contributed by atoms with Crippen molar-refractivity contribution in [1.29, 1.82) is 0 Å². The first-order valence-electron chi connectivity index (χ1n) is 12.1. The number of aryl methyl sites for hydroxylation is 1. The number of ether oxygens (including phenoxy) is 1. The standard InChI is InChI=1S/C26H26F3N5O3/c1-16-12-21(37-26(27,28)29)5-2-17(16)4-7-24(35)33-10-8-19-14-34(15-20(19)9-11-33)25(36)18-3-6-22-23(13-18)31-32-30-22/h2-7,12-13,19-20H,8-11,14-15H2,1H3,(H,30,31,32)/b7-4+/t19-,20+. The van der Waals surface area contributed by atoms with Crippen molar-refractivity contribution in [2.24, 2.45) is 11.8 Å². The summed E-state index contributed by atoms with van der Waals surface area (Å²) in [5.74, 6) is 0.202. The van der Waals surface area contributed by atoms with Crippen LogP contribution in [-0.4, -0.2) is 69.6 Å². The molecule has 37 heavy (non-hydrogen) atoms. The zero-order valence-electron chi connectivity index (χ0n) is 20.2. The van der Waals surface area contributed by atoms with Crippen molar-refractivity contribution in [2.75, 3.05) is 26.2 Å². The van der Waals surface area contributed by atoms with E-state index in [1.165, 1.54) is 24.3 Å². The minimum absolute atomic E-state index is 0.0177. The molecule has 0 aliphatic carbocycles. The van der Waals surface area contributed by atoms with E-state index in [0.29, 0.717) is 60.2 Å². The predicted octanol–water partition coefficient (Wildman–Crippen LogP) is 4.19. The molecular formula is C26H26F3N5O3.